The lowest BCUT2D eigenvalue weighted by Crippen LogP contribution is -2.34. The van der Waals surface area contributed by atoms with Gasteiger partial charge in [-0.05, 0) is 36.6 Å². The molecule has 2 aromatic carbocycles. The number of benzene rings is 2. The van der Waals surface area contributed by atoms with Crippen LogP contribution in [-0.4, -0.2) is 45.0 Å². The third-order valence-corrected chi connectivity index (χ3v) is 5.92. The van der Waals surface area contributed by atoms with Gasteiger partial charge in [-0.1, -0.05) is 49.6 Å². The lowest BCUT2D eigenvalue weighted by atomic mass is 10.1. The molecule has 166 valence electrons. The Balaban J connectivity index is 1.65. The summed E-state index contributed by atoms with van der Waals surface area (Å²) in [6, 6.07) is 15.4. The number of hydrogen-bond donors (Lipinski definition) is 1. The highest BCUT2D eigenvalue weighted by atomic mass is 16.2. The van der Waals surface area contributed by atoms with Gasteiger partial charge in [-0.2, -0.15) is 5.10 Å². The lowest BCUT2D eigenvalue weighted by molar-refractivity contribution is -0.116. The maximum atomic E-state index is 13.6. The summed E-state index contributed by atoms with van der Waals surface area (Å²) in [7, 11) is 0. The number of H-pyrrole nitrogens is 1. The minimum Gasteiger partial charge on any atom is -0.334 e. The fourth-order valence-corrected chi connectivity index (χ4v) is 4.24. The first-order valence-corrected chi connectivity index (χ1v) is 11.2. The molecule has 2 amide bonds. The molecule has 0 fully saturated rings. The van der Waals surface area contributed by atoms with E-state index in [-0.39, 0.29) is 11.8 Å². The average molecular weight is 432 g/mol. The van der Waals surface area contributed by atoms with E-state index in [2.05, 4.69) is 15.2 Å². The predicted molar refractivity (Wildman–Crippen MR) is 124 cm³/mol. The van der Waals surface area contributed by atoms with Gasteiger partial charge in [0.2, 0.25) is 5.91 Å². The van der Waals surface area contributed by atoms with Crippen LogP contribution in [0, 0.1) is 0 Å². The number of nitrogens with one attached hydrogen (secondary N) is 1. The number of carbonyl (C=O) groups is 2. The Hall–Kier alpha value is -3.48. The maximum Gasteiger partial charge on any atom is 0.254 e. The highest BCUT2D eigenvalue weighted by Gasteiger charge is 2.21. The number of nitrogens with zero attached hydrogens (tertiary/aromatic N) is 4. The van der Waals surface area contributed by atoms with Crippen molar-refractivity contribution in [3.05, 3.63) is 66.0 Å². The van der Waals surface area contributed by atoms with Crippen molar-refractivity contribution < 1.29 is 9.59 Å². The van der Waals surface area contributed by atoms with Gasteiger partial charge in [0.05, 0.1) is 0 Å². The number of para-hydroxylation sites is 1. The molecule has 0 aliphatic carbocycles. The molecule has 7 heteroatoms. The molecule has 0 bridgehead atoms. The van der Waals surface area contributed by atoms with Gasteiger partial charge in [0.15, 0.2) is 5.82 Å². The second kappa shape index (κ2) is 10.2. The first kappa shape index (κ1) is 21.7. The summed E-state index contributed by atoms with van der Waals surface area (Å²) in [6.07, 6.45) is 6.67. The fraction of sp³-hybridized carbons (Fsp3) is 0.360. The smallest absolute Gasteiger partial charge is 0.254 e. The normalized spacial score (nSPS) is 15.4. The summed E-state index contributed by atoms with van der Waals surface area (Å²) in [5, 5.41) is 6.75. The third-order valence-electron chi connectivity index (χ3n) is 5.92. The number of carbonyl (C=O) groups excluding carboxylic acids is 2. The molecular formula is C25H29N5O2. The standard InChI is InChI=1S/C25H29N5O2/c1-19(31)30-15-8-4-2-3-7-14-29(17-22-10-5-6-13-23(22)30)25(32)21-12-9-11-20(16-21)24-26-18-27-28-24/h5-6,9-13,16,18H,2-4,7-8,14-15,17H2,1H3,(H,26,27,28). The van der Waals surface area contributed by atoms with Crippen LogP contribution in [0.2, 0.25) is 0 Å². The topological polar surface area (TPSA) is 82.2 Å². The fourth-order valence-electron chi connectivity index (χ4n) is 4.24. The van der Waals surface area contributed by atoms with Gasteiger partial charge in [-0.15, -0.1) is 0 Å². The number of aromatic nitrogens is 3. The van der Waals surface area contributed by atoms with E-state index in [1.807, 2.05) is 58.3 Å². The average Bonchev–Trinajstić information content (AvgIpc) is 3.34. The molecule has 1 aliphatic rings. The van der Waals surface area contributed by atoms with Crippen molar-refractivity contribution in [3.63, 3.8) is 0 Å². The van der Waals surface area contributed by atoms with E-state index < -0.39 is 0 Å². The first-order chi connectivity index (χ1) is 15.6. The molecule has 0 atom stereocenters. The summed E-state index contributed by atoms with van der Waals surface area (Å²) in [5.41, 5.74) is 3.33. The van der Waals surface area contributed by atoms with Gasteiger partial charge >= 0.3 is 0 Å². The van der Waals surface area contributed by atoms with Crippen molar-refractivity contribution in [2.24, 2.45) is 0 Å². The number of aromatic amines is 1. The van der Waals surface area contributed by atoms with E-state index in [0.717, 1.165) is 48.9 Å². The van der Waals surface area contributed by atoms with E-state index >= 15 is 0 Å². The molecule has 3 aromatic rings. The molecule has 1 N–H and O–H groups in total. The van der Waals surface area contributed by atoms with Crippen LogP contribution < -0.4 is 4.90 Å². The van der Waals surface area contributed by atoms with Crippen LogP contribution in [0.4, 0.5) is 5.69 Å². The second-order valence-electron chi connectivity index (χ2n) is 8.21. The minimum atomic E-state index is -0.0207. The molecule has 1 aromatic heterocycles. The number of fused-ring (bicyclic) bond motifs is 1. The Morgan fingerprint density at radius 2 is 1.72 bits per heavy atom. The maximum absolute atomic E-state index is 13.6. The van der Waals surface area contributed by atoms with Crippen LogP contribution in [0.1, 0.15) is 54.9 Å². The second-order valence-corrected chi connectivity index (χ2v) is 8.21. The van der Waals surface area contributed by atoms with Gasteiger partial charge in [0.1, 0.15) is 6.33 Å². The van der Waals surface area contributed by atoms with Gasteiger partial charge in [-0.3, -0.25) is 14.7 Å². The quantitative estimate of drug-likeness (QED) is 0.651. The van der Waals surface area contributed by atoms with Gasteiger partial charge in [0, 0.05) is 43.4 Å². The molecule has 1 aliphatic heterocycles. The summed E-state index contributed by atoms with van der Waals surface area (Å²) < 4.78 is 0. The highest BCUT2D eigenvalue weighted by molar-refractivity contribution is 5.96. The van der Waals surface area contributed by atoms with E-state index in [4.69, 9.17) is 0 Å². The molecule has 0 radical (unpaired) electrons. The Morgan fingerprint density at radius 3 is 2.50 bits per heavy atom. The van der Waals surface area contributed by atoms with Crippen molar-refractivity contribution in [1.29, 1.82) is 0 Å². The number of rotatable bonds is 2. The summed E-state index contributed by atoms with van der Waals surface area (Å²) in [6.45, 7) is 3.46. The van der Waals surface area contributed by atoms with Crippen LogP contribution in [0.25, 0.3) is 11.4 Å². The zero-order valence-corrected chi connectivity index (χ0v) is 18.5. The number of anilines is 1. The van der Waals surface area contributed by atoms with Gasteiger partial charge in [-0.25, -0.2) is 4.98 Å². The van der Waals surface area contributed by atoms with Crippen LogP contribution in [0.3, 0.4) is 0 Å². The van der Waals surface area contributed by atoms with Crippen LogP contribution >= 0.6 is 0 Å². The van der Waals surface area contributed by atoms with E-state index in [0.29, 0.717) is 31.0 Å². The summed E-state index contributed by atoms with van der Waals surface area (Å²) in [5.74, 6) is 0.649. The zero-order chi connectivity index (χ0) is 22.3. The predicted octanol–water partition coefficient (Wildman–Crippen LogP) is 4.43. The molecular weight excluding hydrogens is 402 g/mol. The molecule has 2 heterocycles. The Kier molecular flexibility index (Phi) is 6.94. The largest absolute Gasteiger partial charge is 0.334 e. The van der Waals surface area contributed by atoms with Crippen LogP contribution in [0.5, 0.6) is 0 Å². The van der Waals surface area contributed by atoms with Crippen molar-refractivity contribution in [1.82, 2.24) is 20.1 Å². The molecule has 0 unspecified atom stereocenters. The molecule has 0 spiro atoms. The molecule has 4 rings (SSSR count). The molecule has 0 saturated heterocycles. The van der Waals surface area contributed by atoms with Gasteiger partial charge in [0.25, 0.3) is 5.91 Å². The minimum absolute atomic E-state index is 0.0207. The van der Waals surface area contributed by atoms with Crippen molar-refractivity contribution >= 4 is 17.5 Å². The monoisotopic (exact) mass is 431 g/mol. The van der Waals surface area contributed by atoms with Crippen molar-refractivity contribution in [3.8, 4) is 11.4 Å². The van der Waals surface area contributed by atoms with E-state index in [1.54, 1.807) is 6.92 Å². The van der Waals surface area contributed by atoms with E-state index in [9.17, 15) is 9.59 Å². The summed E-state index contributed by atoms with van der Waals surface area (Å²) in [4.78, 5) is 33.9. The Morgan fingerprint density at radius 1 is 0.938 bits per heavy atom. The first-order valence-electron chi connectivity index (χ1n) is 11.2. The van der Waals surface area contributed by atoms with Crippen LogP contribution in [-0.2, 0) is 11.3 Å². The Labute approximate surface area is 188 Å². The zero-order valence-electron chi connectivity index (χ0n) is 18.5. The molecule has 32 heavy (non-hydrogen) atoms. The number of amides is 2. The third kappa shape index (κ3) is 5.04. The van der Waals surface area contributed by atoms with Crippen LogP contribution in [0.15, 0.2) is 54.9 Å². The number of hydrogen-bond acceptors (Lipinski definition) is 4. The summed E-state index contributed by atoms with van der Waals surface area (Å²) >= 11 is 0. The molecule has 0 saturated carbocycles. The van der Waals surface area contributed by atoms with Crippen molar-refractivity contribution in [2.45, 2.75) is 45.6 Å². The SMILES string of the molecule is CC(=O)N1CCCCCCCN(C(=O)c2cccc(-c3ncn[nH]3)c2)Cc2ccccc21. The molecule has 7 nitrogen and oxygen atoms in total. The van der Waals surface area contributed by atoms with Gasteiger partial charge < -0.3 is 9.80 Å². The lowest BCUT2D eigenvalue weighted by Gasteiger charge is -2.29. The Bertz CT molecular complexity index is 1060. The van der Waals surface area contributed by atoms with E-state index in [1.165, 1.54) is 6.33 Å². The van der Waals surface area contributed by atoms with Crippen molar-refractivity contribution in [2.75, 3.05) is 18.0 Å². The highest BCUT2D eigenvalue weighted by Crippen LogP contribution is 2.25.